The van der Waals surface area contributed by atoms with Gasteiger partial charge in [0.2, 0.25) is 0 Å². The van der Waals surface area contributed by atoms with E-state index in [0.717, 1.165) is 35.3 Å². The molecule has 3 aliphatic rings. The van der Waals surface area contributed by atoms with Crippen molar-refractivity contribution in [3.8, 4) is 0 Å². The van der Waals surface area contributed by atoms with Gasteiger partial charge in [-0.2, -0.15) is 0 Å². The van der Waals surface area contributed by atoms with E-state index in [1.54, 1.807) is 0 Å². The van der Waals surface area contributed by atoms with Crippen LogP contribution in [-0.4, -0.2) is 29.3 Å². The number of rotatable bonds is 4. The predicted molar refractivity (Wildman–Crippen MR) is 113 cm³/mol. The van der Waals surface area contributed by atoms with Gasteiger partial charge in [0.15, 0.2) is 5.11 Å². The van der Waals surface area contributed by atoms with E-state index >= 15 is 0 Å². The molecule has 1 aromatic rings. The summed E-state index contributed by atoms with van der Waals surface area (Å²) >= 11 is 5.66. The monoisotopic (exact) mass is 372 g/mol. The number of hydrogen-bond acceptors (Lipinski definition) is 1. The lowest BCUT2D eigenvalue weighted by Gasteiger charge is -2.48. The van der Waals surface area contributed by atoms with Crippen molar-refractivity contribution in [2.45, 2.75) is 95.3 Å². The Morgan fingerprint density at radius 2 is 1.65 bits per heavy atom. The van der Waals surface area contributed by atoms with Gasteiger partial charge in [-0.3, -0.25) is 0 Å². The zero-order valence-electron chi connectivity index (χ0n) is 16.1. The largest absolute Gasteiger partial charge is 0.359 e. The highest BCUT2D eigenvalue weighted by Gasteiger charge is 2.45. The van der Waals surface area contributed by atoms with Crippen molar-refractivity contribution in [3.63, 3.8) is 0 Å². The molecule has 2 aliphatic heterocycles. The van der Waals surface area contributed by atoms with Crippen LogP contribution in [0.2, 0.25) is 0 Å². The van der Waals surface area contributed by atoms with Crippen molar-refractivity contribution >= 4 is 23.0 Å². The molecule has 2 unspecified atom stereocenters. The summed E-state index contributed by atoms with van der Waals surface area (Å²) in [7, 11) is 0. The zero-order valence-corrected chi connectivity index (χ0v) is 16.9. The minimum Gasteiger partial charge on any atom is -0.359 e. The van der Waals surface area contributed by atoms with Crippen LogP contribution in [0.25, 0.3) is 0 Å². The highest BCUT2D eigenvalue weighted by atomic mass is 32.1. The van der Waals surface area contributed by atoms with Gasteiger partial charge in [-0.1, -0.05) is 25.1 Å². The summed E-state index contributed by atoms with van der Waals surface area (Å²) in [5.74, 6) is 0. The van der Waals surface area contributed by atoms with Crippen LogP contribution in [-0.2, 0) is 6.42 Å². The van der Waals surface area contributed by atoms with Crippen molar-refractivity contribution in [3.05, 3.63) is 29.8 Å². The van der Waals surface area contributed by atoms with E-state index in [1.165, 1.54) is 63.4 Å². The molecular formula is C22H34N3S+. The Morgan fingerprint density at radius 3 is 2.35 bits per heavy atom. The summed E-state index contributed by atoms with van der Waals surface area (Å²) in [5, 5.41) is 7.92. The third-order valence-corrected chi connectivity index (χ3v) is 7.21. The van der Waals surface area contributed by atoms with Crippen molar-refractivity contribution in [1.29, 1.82) is 0 Å². The van der Waals surface area contributed by atoms with Crippen LogP contribution in [0.4, 0.5) is 5.69 Å². The lowest BCUT2D eigenvalue weighted by molar-refractivity contribution is -0.982. The molecule has 26 heavy (non-hydrogen) atoms. The van der Waals surface area contributed by atoms with Crippen LogP contribution in [0.1, 0.15) is 70.3 Å². The summed E-state index contributed by atoms with van der Waals surface area (Å²) in [6, 6.07) is 11.7. The molecule has 0 amide bonds. The van der Waals surface area contributed by atoms with Crippen molar-refractivity contribution < 1.29 is 4.90 Å². The Kier molecular flexibility index (Phi) is 5.80. The number of quaternary nitrogens is 1. The van der Waals surface area contributed by atoms with Crippen molar-refractivity contribution in [2.24, 2.45) is 0 Å². The average Bonchev–Trinajstić information content (AvgIpc) is 3.15. The van der Waals surface area contributed by atoms with Crippen molar-refractivity contribution in [2.75, 3.05) is 5.32 Å². The van der Waals surface area contributed by atoms with Crippen LogP contribution < -0.4 is 15.5 Å². The maximum atomic E-state index is 5.66. The van der Waals surface area contributed by atoms with Gasteiger partial charge in [-0.15, -0.1) is 0 Å². The lowest BCUT2D eigenvalue weighted by atomic mass is 9.80. The molecule has 1 saturated carbocycles. The van der Waals surface area contributed by atoms with Gasteiger partial charge in [0.05, 0.1) is 18.1 Å². The van der Waals surface area contributed by atoms with Crippen LogP contribution in [0.5, 0.6) is 0 Å². The molecule has 2 bridgehead atoms. The normalized spacial score (nSPS) is 31.6. The number of nitrogens with one attached hydrogen (secondary N) is 3. The maximum Gasteiger partial charge on any atom is 0.171 e. The van der Waals surface area contributed by atoms with Crippen LogP contribution in [0.3, 0.4) is 0 Å². The topological polar surface area (TPSA) is 28.5 Å². The van der Waals surface area contributed by atoms with E-state index in [2.05, 4.69) is 41.8 Å². The second kappa shape index (κ2) is 8.26. The fourth-order valence-corrected chi connectivity index (χ4v) is 6.18. The first-order valence-corrected chi connectivity index (χ1v) is 11.2. The number of para-hydroxylation sites is 1. The molecule has 0 radical (unpaired) electrons. The summed E-state index contributed by atoms with van der Waals surface area (Å²) in [5.41, 5.74) is 2.48. The second-order valence-corrected chi connectivity index (χ2v) is 8.99. The summed E-state index contributed by atoms with van der Waals surface area (Å²) in [4.78, 5) is 1.97. The first kappa shape index (κ1) is 18.2. The third kappa shape index (κ3) is 3.91. The zero-order chi connectivity index (χ0) is 17.9. The highest BCUT2D eigenvalue weighted by molar-refractivity contribution is 7.80. The lowest BCUT2D eigenvalue weighted by Crippen LogP contribution is -3.24. The van der Waals surface area contributed by atoms with E-state index < -0.39 is 0 Å². The fraction of sp³-hybridized carbons (Fsp3) is 0.682. The van der Waals surface area contributed by atoms with Gasteiger partial charge >= 0.3 is 0 Å². The molecular weight excluding hydrogens is 338 g/mol. The SMILES string of the molecule is CCc1ccccc1NC(=S)NC1C[C@H]2CCC[C@@H](C1)[NH+]2C1CCCC1. The Labute approximate surface area is 163 Å². The van der Waals surface area contributed by atoms with Crippen LogP contribution >= 0.6 is 12.2 Å². The van der Waals surface area contributed by atoms with Gasteiger partial charge in [0.25, 0.3) is 0 Å². The highest BCUT2D eigenvalue weighted by Crippen LogP contribution is 2.26. The Hall–Kier alpha value is -1.13. The minimum absolute atomic E-state index is 0.546. The molecule has 4 atom stereocenters. The number of aryl methyl sites for hydroxylation is 1. The van der Waals surface area contributed by atoms with E-state index in [-0.39, 0.29) is 0 Å². The van der Waals surface area contributed by atoms with E-state index in [4.69, 9.17) is 12.2 Å². The summed E-state index contributed by atoms with van der Waals surface area (Å²) in [6.07, 6.45) is 13.7. The van der Waals surface area contributed by atoms with Crippen LogP contribution in [0, 0.1) is 0 Å². The maximum absolute atomic E-state index is 5.66. The number of hydrogen-bond donors (Lipinski definition) is 3. The number of fused-ring (bicyclic) bond motifs is 2. The molecule has 4 heteroatoms. The second-order valence-electron chi connectivity index (χ2n) is 8.58. The smallest absolute Gasteiger partial charge is 0.171 e. The fourth-order valence-electron chi connectivity index (χ4n) is 5.91. The molecule has 4 rings (SSSR count). The van der Waals surface area contributed by atoms with Crippen molar-refractivity contribution in [1.82, 2.24) is 5.32 Å². The van der Waals surface area contributed by atoms with E-state index in [0.29, 0.717) is 6.04 Å². The number of anilines is 1. The number of benzene rings is 1. The molecule has 2 heterocycles. The summed E-state index contributed by atoms with van der Waals surface area (Å²) in [6.45, 7) is 2.19. The number of piperidine rings is 2. The van der Waals surface area contributed by atoms with Gasteiger partial charge in [0.1, 0.15) is 0 Å². The molecule has 3 fully saturated rings. The molecule has 3 N–H and O–H groups in total. The Bertz CT molecular complexity index is 612. The quantitative estimate of drug-likeness (QED) is 0.707. The molecule has 0 spiro atoms. The Balaban J connectivity index is 1.36. The Morgan fingerprint density at radius 1 is 1.00 bits per heavy atom. The minimum atomic E-state index is 0.546. The molecule has 1 aromatic carbocycles. The average molecular weight is 373 g/mol. The van der Waals surface area contributed by atoms with Crippen LogP contribution in [0.15, 0.2) is 24.3 Å². The van der Waals surface area contributed by atoms with E-state index in [9.17, 15) is 0 Å². The third-order valence-electron chi connectivity index (χ3n) is 6.99. The van der Waals surface area contributed by atoms with Gasteiger partial charge < -0.3 is 15.5 Å². The molecule has 2 saturated heterocycles. The van der Waals surface area contributed by atoms with Gasteiger partial charge in [0, 0.05) is 24.6 Å². The predicted octanol–water partition coefficient (Wildman–Crippen LogP) is 3.45. The first-order valence-electron chi connectivity index (χ1n) is 10.8. The van der Waals surface area contributed by atoms with Gasteiger partial charge in [-0.05, 0) is 75.2 Å². The standard InChI is InChI=1S/C22H33N3S/c1-2-16-8-3-6-13-21(16)24-22(26)23-17-14-19-11-7-12-20(15-17)25(19)18-9-4-5-10-18/h3,6,8,13,17-20H,2,4-5,7,9-12,14-15H2,1H3,(H2,23,24,26)/p+1/t17?,19-,20+. The molecule has 3 nitrogen and oxygen atoms in total. The molecule has 0 aromatic heterocycles. The first-order chi connectivity index (χ1) is 12.7. The molecule has 142 valence electrons. The number of thiocarbonyl (C=S) groups is 1. The summed E-state index contributed by atoms with van der Waals surface area (Å²) < 4.78 is 0. The van der Waals surface area contributed by atoms with E-state index in [1.807, 2.05) is 4.90 Å². The molecule has 1 aliphatic carbocycles. The van der Waals surface area contributed by atoms with Gasteiger partial charge in [-0.25, -0.2) is 0 Å².